The highest BCUT2D eigenvalue weighted by atomic mass is 35.5. The molecule has 0 unspecified atom stereocenters. The van der Waals surface area contributed by atoms with Gasteiger partial charge >= 0.3 is 6.09 Å². The van der Waals surface area contributed by atoms with Gasteiger partial charge < -0.3 is 15.0 Å². The van der Waals surface area contributed by atoms with Gasteiger partial charge in [-0.05, 0) is 39.0 Å². The SMILES string of the molecule is CC(C)(C)OC(=O)N1CCc2[nH]nc(NC(=O)c3cccc(Cl)c3)c2C1. The Bertz CT molecular complexity index is 841. The number of carbonyl (C=O) groups excluding carboxylic acids is 2. The largest absolute Gasteiger partial charge is 0.444 e. The van der Waals surface area contributed by atoms with Gasteiger partial charge in [0.25, 0.3) is 5.91 Å². The first-order chi connectivity index (χ1) is 12.2. The molecule has 8 heteroatoms. The minimum Gasteiger partial charge on any atom is -0.444 e. The third-order valence-electron chi connectivity index (χ3n) is 3.90. The first-order valence-corrected chi connectivity index (χ1v) is 8.72. The molecule has 2 amide bonds. The van der Waals surface area contributed by atoms with Gasteiger partial charge in [0.15, 0.2) is 5.82 Å². The summed E-state index contributed by atoms with van der Waals surface area (Å²) >= 11 is 5.93. The van der Waals surface area contributed by atoms with Crippen LogP contribution in [0.5, 0.6) is 0 Å². The van der Waals surface area contributed by atoms with Gasteiger partial charge in [-0.25, -0.2) is 4.79 Å². The molecule has 0 atom stereocenters. The van der Waals surface area contributed by atoms with Crippen LogP contribution < -0.4 is 5.32 Å². The number of halogens is 1. The zero-order chi connectivity index (χ0) is 18.9. The molecular formula is C18H21ClN4O3. The van der Waals surface area contributed by atoms with Crippen molar-refractivity contribution in [1.82, 2.24) is 15.1 Å². The lowest BCUT2D eigenvalue weighted by molar-refractivity contribution is 0.0224. The summed E-state index contributed by atoms with van der Waals surface area (Å²) in [5, 5.41) is 10.4. The van der Waals surface area contributed by atoms with E-state index in [0.29, 0.717) is 35.9 Å². The number of benzene rings is 1. The van der Waals surface area contributed by atoms with E-state index in [-0.39, 0.29) is 12.0 Å². The van der Waals surface area contributed by atoms with Crippen molar-refractivity contribution in [3.63, 3.8) is 0 Å². The average molecular weight is 377 g/mol. The summed E-state index contributed by atoms with van der Waals surface area (Å²) in [6.07, 6.45) is 0.241. The van der Waals surface area contributed by atoms with Crippen molar-refractivity contribution in [3.05, 3.63) is 46.1 Å². The molecule has 0 saturated carbocycles. The Labute approximate surface area is 156 Å². The van der Waals surface area contributed by atoms with E-state index in [2.05, 4.69) is 15.5 Å². The molecule has 0 fully saturated rings. The summed E-state index contributed by atoms with van der Waals surface area (Å²) in [4.78, 5) is 26.3. The van der Waals surface area contributed by atoms with Crippen molar-refractivity contribution in [2.75, 3.05) is 11.9 Å². The lowest BCUT2D eigenvalue weighted by atomic mass is 10.1. The zero-order valence-electron chi connectivity index (χ0n) is 14.9. The maximum atomic E-state index is 12.4. The van der Waals surface area contributed by atoms with E-state index in [9.17, 15) is 9.59 Å². The Morgan fingerprint density at radius 1 is 1.35 bits per heavy atom. The van der Waals surface area contributed by atoms with Gasteiger partial charge in [-0.15, -0.1) is 0 Å². The number of hydrogen-bond donors (Lipinski definition) is 2. The number of aromatic nitrogens is 2. The topological polar surface area (TPSA) is 87.3 Å². The van der Waals surface area contributed by atoms with Crippen LogP contribution in [-0.4, -0.2) is 39.2 Å². The van der Waals surface area contributed by atoms with Crippen molar-refractivity contribution in [2.24, 2.45) is 0 Å². The summed E-state index contributed by atoms with van der Waals surface area (Å²) in [7, 11) is 0. The van der Waals surface area contributed by atoms with Gasteiger partial charge in [-0.2, -0.15) is 5.10 Å². The molecule has 3 rings (SSSR count). The van der Waals surface area contributed by atoms with Crippen molar-refractivity contribution in [3.8, 4) is 0 Å². The Kier molecular flexibility index (Phi) is 4.91. The Balaban J connectivity index is 1.74. The number of hydrogen-bond acceptors (Lipinski definition) is 4. The maximum absolute atomic E-state index is 12.4. The molecule has 0 aliphatic carbocycles. The van der Waals surface area contributed by atoms with Gasteiger partial charge in [-0.3, -0.25) is 9.89 Å². The molecule has 2 N–H and O–H groups in total. The van der Waals surface area contributed by atoms with E-state index < -0.39 is 5.60 Å². The first kappa shape index (κ1) is 18.3. The number of anilines is 1. The van der Waals surface area contributed by atoms with Crippen LogP contribution in [0.1, 0.15) is 42.4 Å². The van der Waals surface area contributed by atoms with Gasteiger partial charge in [0.1, 0.15) is 5.60 Å². The number of amides is 2. The van der Waals surface area contributed by atoms with E-state index in [1.165, 1.54) is 0 Å². The molecule has 138 valence electrons. The number of rotatable bonds is 2. The van der Waals surface area contributed by atoms with Crippen LogP contribution in [0.2, 0.25) is 5.02 Å². The second kappa shape index (κ2) is 6.99. The monoisotopic (exact) mass is 376 g/mol. The number of H-pyrrole nitrogens is 1. The predicted octanol–water partition coefficient (Wildman–Crippen LogP) is 3.61. The molecule has 1 aliphatic heterocycles. The molecule has 0 saturated heterocycles. The number of nitrogens with one attached hydrogen (secondary N) is 2. The fourth-order valence-electron chi connectivity index (χ4n) is 2.69. The molecule has 1 aromatic carbocycles. The van der Waals surface area contributed by atoms with Crippen LogP contribution in [0.3, 0.4) is 0 Å². The highest BCUT2D eigenvalue weighted by Gasteiger charge is 2.29. The lowest BCUT2D eigenvalue weighted by Gasteiger charge is -2.30. The molecule has 2 heterocycles. The third kappa shape index (κ3) is 4.16. The molecule has 2 aromatic rings. The molecule has 1 aromatic heterocycles. The second-order valence-corrected chi connectivity index (χ2v) is 7.58. The van der Waals surface area contributed by atoms with Gasteiger partial charge in [-0.1, -0.05) is 17.7 Å². The van der Waals surface area contributed by atoms with Crippen LogP contribution in [0, 0.1) is 0 Å². The molecule has 0 radical (unpaired) electrons. The Hall–Kier alpha value is -2.54. The number of nitrogens with zero attached hydrogens (tertiary/aromatic N) is 2. The third-order valence-corrected chi connectivity index (χ3v) is 4.14. The smallest absolute Gasteiger partial charge is 0.410 e. The predicted molar refractivity (Wildman–Crippen MR) is 98.3 cm³/mol. The van der Waals surface area contributed by atoms with Crippen LogP contribution >= 0.6 is 11.6 Å². The molecule has 7 nitrogen and oxygen atoms in total. The number of ether oxygens (including phenoxy) is 1. The highest BCUT2D eigenvalue weighted by Crippen LogP contribution is 2.25. The minimum atomic E-state index is -0.558. The fraction of sp³-hybridized carbons (Fsp3) is 0.389. The molecular weight excluding hydrogens is 356 g/mol. The van der Waals surface area contributed by atoms with E-state index in [0.717, 1.165) is 11.3 Å². The van der Waals surface area contributed by atoms with Gasteiger partial charge in [0, 0.05) is 34.8 Å². The van der Waals surface area contributed by atoms with Gasteiger partial charge in [0.2, 0.25) is 0 Å². The number of fused-ring (bicyclic) bond motifs is 1. The Morgan fingerprint density at radius 2 is 2.12 bits per heavy atom. The summed E-state index contributed by atoms with van der Waals surface area (Å²) in [6, 6.07) is 6.67. The molecule has 0 spiro atoms. The lowest BCUT2D eigenvalue weighted by Crippen LogP contribution is -2.40. The summed E-state index contributed by atoms with van der Waals surface area (Å²) in [5.74, 6) is 0.106. The number of aromatic amines is 1. The van der Waals surface area contributed by atoms with Crippen molar-refractivity contribution < 1.29 is 14.3 Å². The summed E-state index contributed by atoms with van der Waals surface area (Å²) in [6.45, 7) is 6.34. The molecule has 1 aliphatic rings. The molecule has 26 heavy (non-hydrogen) atoms. The van der Waals surface area contributed by atoms with E-state index in [1.807, 2.05) is 20.8 Å². The van der Waals surface area contributed by atoms with Crippen molar-refractivity contribution >= 4 is 29.4 Å². The quantitative estimate of drug-likeness (QED) is 0.838. The zero-order valence-corrected chi connectivity index (χ0v) is 15.7. The first-order valence-electron chi connectivity index (χ1n) is 8.34. The molecule has 0 bridgehead atoms. The van der Waals surface area contributed by atoms with E-state index in [1.54, 1.807) is 29.2 Å². The Morgan fingerprint density at radius 3 is 2.81 bits per heavy atom. The minimum absolute atomic E-state index is 0.309. The van der Waals surface area contributed by atoms with Crippen LogP contribution in [-0.2, 0) is 17.7 Å². The maximum Gasteiger partial charge on any atom is 0.410 e. The van der Waals surface area contributed by atoms with E-state index in [4.69, 9.17) is 16.3 Å². The summed E-state index contributed by atoms with van der Waals surface area (Å²) in [5.41, 5.74) is 1.58. The normalized spacial score (nSPS) is 13.9. The van der Waals surface area contributed by atoms with Gasteiger partial charge in [0.05, 0.1) is 6.54 Å². The van der Waals surface area contributed by atoms with Crippen molar-refractivity contribution in [1.29, 1.82) is 0 Å². The highest BCUT2D eigenvalue weighted by molar-refractivity contribution is 6.31. The fourth-order valence-corrected chi connectivity index (χ4v) is 2.88. The van der Waals surface area contributed by atoms with Crippen LogP contribution in [0.4, 0.5) is 10.6 Å². The second-order valence-electron chi connectivity index (χ2n) is 7.15. The number of carbonyl (C=O) groups is 2. The van der Waals surface area contributed by atoms with Crippen LogP contribution in [0.25, 0.3) is 0 Å². The van der Waals surface area contributed by atoms with Crippen LogP contribution in [0.15, 0.2) is 24.3 Å². The standard InChI is InChI=1S/C18H21ClN4O3/c1-18(2,3)26-17(25)23-8-7-14-13(10-23)15(22-21-14)20-16(24)11-5-4-6-12(19)9-11/h4-6,9H,7-8,10H2,1-3H3,(H2,20,21,22,24). The summed E-state index contributed by atoms with van der Waals surface area (Å²) < 4.78 is 5.43. The van der Waals surface area contributed by atoms with Crippen molar-refractivity contribution in [2.45, 2.75) is 39.3 Å². The average Bonchev–Trinajstić information content (AvgIpc) is 2.95. The van der Waals surface area contributed by atoms with E-state index >= 15 is 0 Å².